The highest BCUT2D eigenvalue weighted by atomic mass is 19.4. The number of fused-ring (bicyclic) bond motifs is 1. The van der Waals surface area contributed by atoms with Crippen LogP contribution < -0.4 is 0 Å². The summed E-state index contributed by atoms with van der Waals surface area (Å²) in [7, 11) is 0. The Kier molecular flexibility index (Phi) is 2.07. The lowest BCUT2D eigenvalue weighted by Gasteiger charge is -1.97. The van der Waals surface area contributed by atoms with Gasteiger partial charge < -0.3 is 5.11 Å². The van der Waals surface area contributed by atoms with Gasteiger partial charge in [-0.15, -0.1) is 5.10 Å². The van der Waals surface area contributed by atoms with Gasteiger partial charge in [0.1, 0.15) is 0 Å². The van der Waals surface area contributed by atoms with Crippen LogP contribution in [0.2, 0.25) is 0 Å². The molecule has 1 N–H and O–H groups in total. The highest BCUT2D eigenvalue weighted by Gasteiger charge is 2.36. The van der Waals surface area contributed by atoms with Crippen molar-refractivity contribution in [3.8, 4) is 0 Å². The lowest BCUT2D eigenvalue weighted by Crippen LogP contribution is -2.07. The summed E-state index contributed by atoms with van der Waals surface area (Å²) in [5, 5.41) is 11.8. The molecule has 2 aromatic heterocycles. The summed E-state index contributed by atoms with van der Waals surface area (Å²) in [6.07, 6.45) is -3.67. The molecule has 2 aromatic rings. The third kappa shape index (κ3) is 1.69. The van der Waals surface area contributed by atoms with Gasteiger partial charge in [-0.2, -0.15) is 13.2 Å². The van der Waals surface area contributed by atoms with E-state index >= 15 is 0 Å². The summed E-state index contributed by atoms with van der Waals surface area (Å²) in [5.74, 6) is -2.54. The van der Waals surface area contributed by atoms with E-state index in [-0.39, 0.29) is 11.2 Å². The molecule has 0 bridgehead atoms. The number of carbonyl (C=O) groups is 1. The largest absolute Gasteiger partial charge is 0.478 e. The summed E-state index contributed by atoms with van der Waals surface area (Å²) in [4.78, 5) is 13.8. The zero-order chi connectivity index (χ0) is 11.9. The van der Waals surface area contributed by atoms with Crippen LogP contribution in [-0.2, 0) is 6.18 Å². The molecule has 0 radical (unpaired) electrons. The number of nitrogens with zero attached hydrogens (tertiary/aromatic N) is 3. The molecule has 84 valence electrons. The summed E-state index contributed by atoms with van der Waals surface area (Å²) in [5.41, 5.74) is -0.219. The Balaban J connectivity index is 2.59. The Morgan fingerprint density at radius 3 is 2.62 bits per heavy atom. The summed E-state index contributed by atoms with van der Waals surface area (Å²) in [6.45, 7) is 0. The first kappa shape index (κ1) is 10.4. The van der Waals surface area contributed by atoms with Gasteiger partial charge in [0.25, 0.3) is 5.82 Å². The quantitative estimate of drug-likeness (QED) is 0.806. The van der Waals surface area contributed by atoms with Gasteiger partial charge >= 0.3 is 12.1 Å². The molecule has 5 nitrogen and oxygen atoms in total. The monoisotopic (exact) mass is 231 g/mol. The second-order valence-corrected chi connectivity index (χ2v) is 2.96. The molecule has 0 fully saturated rings. The van der Waals surface area contributed by atoms with Gasteiger partial charge in [0.2, 0.25) is 0 Å². The van der Waals surface area contributed by atoms with Crippen molar-refractivity contribution in [1.29, 1.82) is 0 Å². The highest BCUT2D eigenvalue weighted by molar-refractivity contribution is 5.87. The number of carboxylic acids is 1. The maximum absolute atomic E-state index is 12.2. The van der Waals surface area contributed by atoms with Crippen molar-refractivity contribution in [3.63, 3.8) is 0 Å². The Morgan fingerprint density at radius 1 is 1.38 bits per heavy atom. The fraction of sp³-hybridized carbons (Fsp3) is 0.125. The number of aromatic carboxylic acids is 1. The second kappa shape index (κ2) is 3.19. The molecular formula is C8H4F3N3O2. The molecule has 0 spiro atoms. The van der Waals surface area contributed by atoms with Crippen molar-refractivity contribution in [1.82, 2.24) is 14.6 Å². The van der Waals surface area contributed by atoms with E-state index < -0.39 is 18.0 Å². The summed E-state index contributed by atoms with van der Waals surface area (Å²) in [6, 6.07) is 2.32. The van der Waals surface area contributed by atoms with Gasteiger partial charge in [-0.05, 0) is 12.1 Å². The predicted octanol–water partition coefficient (Wildman–Crippen LogP) is 1.45. The normalized spacial score (nSPS) is 11.9. The summed E-state index contributed by atoms with van der Waals surface area (Å²) < 4.78 is 37.5. The smallest absolute Gasteiger partial charge is 0.453 e. The third-order valence-corrected chi connectivity index (χ3v) is 1.83. The van der Waals surface area contributed by atoms with E-state index in [4.69, 9.17) is 5.11 Å². The minimum atomic E-state index is -4.64. The van der Waals surface area contributed by atoms with Gasteiger partial charge in [-0.1, -0.05) is 0 Å². The molecule has 0 aliphatic heterocycles. The van der Waals surface area contributed by atoms with Crippen LogP contribution in [0.3, 0.4) is 0 Å². The molecule has 8 heteroatoms. The zero-order valence-corrected chi connectivity index (χ0v) is 7.56. The second-order valence-electron chi connectivity index (χ2n) is 2.96. The van der Waals surface area contributed by atoms with Crippen LogP contribution in [0.5, 0.6) is 0 Å². The summed E-state index contributed by atoms with van der Waals surface area (Å²) >= 11 is 0. The van der Waals surface area contributed by atoms with Crippen molar-refractivity contribution in [3.05, 3.63) is 29.7 Å². The van der Waals surface area contributed by atoms with Crippen LogP contribution in [0.15, 0.2) is 18.3 Å². The SMILES string of the molecule is O=C(O)c1ccc2nc(C(F)(F)F)nn2c1. The average Bonchev–Trinajstić information content (AvgIpc) is 2.58. The van der Waals surface area contributed by atoms with Gasteiger partial charge in [0.15, 0.2) is 5.65 Å². The highest BCUT2D eigenvalue weighted by Crippen LogP contribution is 2.26. The van der Waals surface area contributed by atoms with Crippen molar-refractivity contribution in [2.75, 3.05) is 0 Å². The molecule has 0 saturated carbocycles. The number of aromatic nitrogens is 3. The van der Waals surface area contributed by atoms with Crippen LogP contribution in [0.25, 0.3) is 5.65 Å². The van der Waals surface area contributed by atoms with Gasteiger partial charge in [0.05, 0.1) is 5.56 Å². The molecule has 0 unspecified atom stereocenters. The van der Waals surface area contributed by atoms with Crippen LogP contribution in [0.1, 0.15) is 16.2 Å². The van der Waals surface area contributed by atoms with Crippen molar-refractivity contribution in [2.45, 2.75) is 6.18 Å². The topological polar surface area (TPSA) is 67.5 Å². The van der Waals surface area contributed by atoms with Gasteiger partial charge in [-0.3, -0.25) is 0 Å². The number of hydrogen-bond acceptors (Lipinski definition) is 3. The Labute approximate surface area is 86.1 Å². The Bertz CT molecular complexity index is 561. The lowest BCUT2D eigenvalue weighted by atomic mass is 10.3. The van der Waals surface area contributed by atoms with E-state index in [0.717, 1.165) is 22.8 Å². The van der Waals surface area contributed by atoms with Crippen LogP contribution in [0, 0.1) is 0 Å². The third-order valence-electron chi connectivity index (χ3n) is 1.83. The Hall–Kier alpha value is -2.12. The van der Waals surface area contributed by atoms with E-state index in [1.165, 1.54) is 0 Å². The number of pyridine rings is 1. The van der Waals surface area contributed by atoms with E-state index in [9.17, 15) is 18.0 Å². The molecule has 2 heterocycles. The molecule has 0 atom stereocenters. The average molecular weight is 231 g/mol. The molecule has 0 amide bonds. The van der Waals surface area contributed by atoms with Gasteiger partial charge in [-0.25, -0.2) is 14.3 Å². The van der Waals surface area contributed by atoms with E-state index in [2.05, 4.69) is 10.1 Å². The lowest BCUT2D eigenvalue weighted by molar-refractivity contribution is -0.144. The number of rotatable bonds is 1. The first-order chi connectivity index (χ1) is 7.38. The molecular weight excluding hydrogens is 227 g/mol. The number of hydrogen-bond donors (Lipinski definition) is 1. The number of alkyl halides is 3. The number of carboxylic acid groups (broad SMARTS) is 1. The molecule has 2 rings (SSSR count). The van der Waals surface area contributed by atoms with Crippen LogP contribution in [0.4, 0.5) is 13.2 Å². The maximum Gasteiger partial charge on any atom is 0.453 e. The molecule has 0 aliphatic carbocycles. The van der Waals surface area contributed by atoms with Crippen molar-refractivity contribution in [2.24, 2.45) is 0 Å². The van der Waals surface area contributed by atoms with Crippen molar-refractivity contribution >= 4 is 11.6 Å². The minimum absolute atomic E-state index is 0.0580. The first-order valence-corrected chi connectivity index (χ1v) is 4.05. The minimum Gasteiger partial charge on any atom is -0.478 e. The van der Waals surface area contributed by atoms with E-state index in [0.29, 0.717) is 0 Å². The molecule has 0 aliphatic rings. The van der Waals surface area contributed by atoms with E-state index in [1.807, 2.05) is 0 Å². The van der Waals surface area contributed by atoms with Crippen LogP contribution in [-0.4, -0.2) is 25.7 Å². The molecule has 16 heavy (non-hydrogen) atoms. The molecule has 0 saturated heterocycles. The standard InChI is InChI=1S/C8H4F3N3O2/c9-8(10,11)7-12-5-2-1-4(6(15)16)3-14(5)13-7/h1-3H,(H,15,16). The van der Waals surface area contributed by atoms with Gasteiger partial charge in [0, 0.05) is 6.20 Å². The maximum atomic E-state index is 12.2. The fourth-order valence-corrected chi connectivity index (χ4v) is 1.13. The predicted molar refractivity (Wildman–Crippen MR) is 44.9 cm³/mol. The van der Waals surface area contributed by atoms with Crippen molar-refractivity contribution < 1.29 is 23.1 Å². The Morgan fingerprint density at radius 2 is 2.06 bits per heavy atom. The number of halogens is 3. The first-order valence-electron chi connectivity index (χ1n) is 4.05. The van der Waals surface area contributed by atoms with Crippen LogP contribution >= 0.6 is 0 Å². The van der Waals surface area contributed by atoms with E-state index in [1.54, 1.807) is 0 Å². The zero-order valence-electron chi connectivity index (χ0n) is 7.56. The fourth-order valence-electron chi connectivity index (χ4n) is 1.13. The molecule has 0 aromatic carbocycles.